The number of halogens is 1. The molecule has 0 atom stereocenters. The maximum absolute atomic E-state index is 12.8. The Balaban J connectivity index is 1.74. The number of rotatable bonds is 3. The van der Waals surface area contributed by atoms with Crippen molar-refractivity contribution >= 4 is 33.4 Å². The van der Waals surface area contributed by atoms with E-state index in [-0.39, 0.29) is 11.3 Å². The van der Waals surface area contributed by atoms with Crippen LogP contribution in [0.1, 0.15) is 0 Å². The van der Waals surface area contributed by atoms with Crippen molar-refractivity contribution in [3.8, 4) is 33.8 Å². The Morgan fingerprint density at radius 1 is 1.03 bits per heavy atom. The van der Waals surface area contributed by atoms with Crippen LogP contribution in [-0.2, 0) is 7.05 Å². The quantitative estimate of drug-likeness (QED) is 0.384. The second kappa shape index (κ2) is 7.22. The number of methoxy groups -OCH3 is 1. The number of aryl methyl sites for hydroxylation is 1. The molecule has 5 nitrogen and oxygen atoms in total. The van der Waals surface area contributed by atoms with Crippen LogP contribution in [0.4, 0.5) is 0 Å². The summed E-state index contributed by atoms with van der Waals surface area (Å²) in [5.74, 6) is 0.509. The van der Waals surface area contributed by atoms with E-state index in [4.69, 9.17) is 16.3 Å². The number of ether oxygens (including phenoxy) is 1. The van der Waals surface area contributed by atoms with Crippen molar-refractivity contribution in [1.29, 1.82) is 0 Å². The molecule has 0 radical (unpaired) electrons. The van der Waals surface area contributed by atoms with E-state index in [2.05, 4.69) is 15.6 Å². The van der Waals surface area contributed by atoms with Gasteiger partial charge in [0.25, 0.3) is 5.56 Å². The van der Waals surface area contributed by atoms with Gasteiger partial charge in [0.2, 0.25) is 0 Å². The third kappa shape index (κ3) is 3.14. The number of aromatic hydroxyl groups is 1. The van der Waals surface area contributed by atoms with Gasteiger partial charge in [-0.3, -0.25) is 4.79 Å². The Kier molecular flexibility index (Phi) is 4.49. The molecule has 0 aliphatic carbocycles. The summed E-state index contributed by atoms with van der Waals surface area (Å²) in [6.45, 7) is 0. The second-order valence-corrected chi connectivity index (χ2v) is 7.89. The zero-order chi connectivity index (χ0) is 21.7. The lowest BCUT2D eigenvalue weighted by atomic mass is 9.98. The van der Waals surface area contributed by atoms with E-state index >= 15 is 0 Å². The van der Waals surface area contributed by atoms with Gasteiger partial charge in [-0.05, 0) is 53.6 Å². The van der Waals surface area contributed by atoms with Gasteiger partial charge in [0.05, 0.1) is 23.2 Å². The zero-order valence-electron chi connectivity index (χ0n) is 16.9. The maximum Gasteiger partial charge on any atom is 0.260 e. The number of fused-ring (bicyclic) bond motifs is 2. The third-order valence-electron chi connectivity index (χ3n) is 5.63. The fourth-order valence-corrected chi connectivity index (χ4v) is 4.29. The van der Waals surface area contributed by atoms with Crippen LogP contribution in [0, 0.1) is 0 Å². The van der Waals surface area contributed by atoms with E-state index in [9.17, 15) is 9.90 Å². The Labute approximate surface area is 183 Å². The minimum atomic E-state index is -0.396. The van der Waals surface area contributed by atoms with Crippen LogP contribution in [0.2, 0.25) is 5.02 Å². The summed E-state index contributed by atoms with van der Waals surface area (Å²) in [6.07, 6.45) is 2.01. The minimum absolute atomic E-state index is 0.0919. The molecule has 2 aromatic heterocycles. The number of benzene rings is 3. The van der Waals surface area contributed by atoms with Crippen LogP contribution in [0.25, 0.3) is 44.1 Å². The van der Waals surface area contributed by atoms with Gasteiger partial charge in [-0.25, -0.2) is 0 Å². The Morgan fingerprint density at radius 2 is 1.87 bits per heavy atom. The van der Waals surface area contributed by atoms with E-state index in [1.165, 1.54) is 0 Å². The summed E-state index contributed by atoms with van der Waals surface area (Å²) < 4.78 is 7.31. The lowest BCUT2D eigenvalue weighted by Crippen LogP contribution is -2.09. The lowest BCUT2D eigenvalue weighted by molar-refractivity contribution is 0.415. The number of H-pyrrole nitrogens is 1. The molecule has 31 heavy (non-hydrogen) atoms. The molecule has 3 aromatic carbocycles. The Bertz CT molecular complexity index is 1530. The van der Waals surface area contributed by atoms with Crippen molar-refractivity contribution in [2.24, 2.45) is 7.05 Å². The number of nitrogens with zero attached hydrogens (tertiary/aromatic N) is 1. The first kappa shape index (κ1) is 19.3. The summed E-state index contributed by atoms with van der Waals surface area (Å²) in [4.78, 5) is 15.6. The highest BCUT2D eigenvalue weighted by Gasteiger charge is 2.17. The highest BCUT2D eigenvalue weighted by Crippen LogP contribution is 2.39. The van der Waals surface area contributed by atoms with Gasteiger partial charge < -0.3 is 19.4 Å². The maximum atomic E-state index is 12.8. The Morgan fingerprint density at radius 3 is 2.68 bits per heavy atom. The molecule has 0 amide bonds. The first-order valence-corrected chi connectivity index (χ1v) is 10.1. The smallest absolute Gasteiger partial charge is 0.260 e. The molecule has 5 rings (SSSR count). The standard InChI is InChI=1S/C25H19ClN2O3/c1-28-9-8-15-10-14(6-7-22(15)28)18-12-19-21(13-20(18)26)27-25(30)23(24(19)29)16-4-3-5-17(11-16)31-2/h3-13H,1-2H3,(H2,27,29,30). The summed E-state index contributed by atoms with van der Waals surface area (Å²) in [6, 6.07) is 18.7. The molecule has 154 valence electrons. The second-order valence-electron chi connectivity index (χ2n) is 7.49. The molecule has 5 aromatic rings. The summed E-state index contributed by atoms with van der Waals surface area (Å²) in [5.41, 5.74) is 3.67. The van der Waals surface area contributed by atoms with Gasteiger partial charge in [-0.15, -0.1) is 0 Å². The molecule has 0 aliphatic rings. The summed E-state index contributed by atoms with van der Waals surface area (Å²) in [7, 11) is 3.56. The van der Waals surface area contributed by atoms with E-state index in [0.717, 1.165) is 22.0 Å². The number of aromatic amines is 1. The number of hydrogen-bond acceptors (Lipinski definition) is 3. The van der Waals surface area contributed by atoms with Crippen LogP contribution in [0.5, 0.6) is 11.5 Å². The first-order valence-electron chi connectivity index (χ1n) is 9.74. The molecule has 2 heterocycles. The van der Waals surface area contributed by atoms with E-state index in [1.54, 1.807) is 37.4 Å². The molecule has 0 unspecified atom stereocenters. The van der Waals surface area contributed by atoms with Gasteiger partial charge in [-0.1, -0.05) is 29.8 Å². The normalized spacial score (nSPS) is 11.3. The highest BCUT2D eigenvalue weighted by molar-refractivity contribution is 6.34. The summed E-state index contributed by atoms with van der Waals surface area (Å²) >= 11 is 6.57. The first-order chi connectivity index (χ1) is 15.0. The van der Waals surface area contributed by atoms with E-state index in [0.29, 0.717) is 27.2 Å². The van der Waals surface area contributed by atoms with E-state index < -0.39 is 5.56 Å². The minimum Gasteiger partial charge on any atom is -0.506 e. The van der Waals surface area contributed by atoms with Crippen LogP contribution in [-0.4, -0.2) is 21.8 Å². The fraction of sp³-hybridized carbons (Fsp3) is 0.0800. The predicted molar refractivity (Wildman–Crippen MR) is 125 cm³/mol. The van der Waals surface area contributed by atoms with Crippen molar-refractivity contribution < 1.29 is 9.84 Å². The fourth-order valence-electron chi connectivity index (χ4n) is 4.02. The molecule has 0 aliphatic heterocycles. The molecule has 0 bridgehead atoms. The van der Waals surface area contributed by atoms with Gasteiger partial charge in [0.1, 0.15) is 11.5 Å². The molecule has 6 heteroatoms. The van der Waals surface area contributed by atoms with Crippen LogP contribution < -0.4 is 10.3 Å². The number of nitrogens with one attached hydrogen (secondary N) is 1. The topological polar surface area (TPSA) is 67.2 Å². The van der Waals surface area contributed by atoms with Gasteiger partial charge in [0.15, 0.2) is 0 Å². The van der Waals surface area contributed by atoms with Crippen molar-refractivity contribution in [2.75, 3.05) is 7.11 Å². The van der Waals surface area contributed by atoms with Crippen LogP contribution in [0.3, 0.4) is 0 Å². The van der Waals surface area contributed by atoms with Crippen molar-refractivity contribution in [1.82, 2.24) is 9.55 Å². The average Bonchev–Trinajstić information content (AvgIpc) is 3.13. The average molecular weight is 431 g/mol. The van der Waals surface area contributed by atoms with Gasteiger partial charge in [0, 0.05) is 35.1 Å². The molecular formula is C25H19ClN2O3. The molecule has 0 spiro atoms. The van der Waals surface area contributed by atoms with Gasteiger partial charge in [-0.2, -0.15) is 0 Å². The van der Waals surface area contributed by atoms with Crippen molar-refractivity contribution in [3.63, 3.8) is 0 Å². The molecule has 0 fully saturated rings. The Hall–Kier alpha value is -3.70. The highest BCUT2D eigenvalue weighted by atomic mass is 35.5. The number of pyridine rings is 1. The molecule has 0 saturated heterocycles. The lowest BCUT2D eigenvalue weighted by Gasteiger charge is -2.12. The number of aromatic nitrogens is 2. The van der Waals surface area contributed by atoms with Gasteiger partial charge >= 0.3 is 0 Å². The van der Waals surface area contributed by atoms with Crippen molar-refractivity contribution in [3.05, 3.63) is 82.2 Å². The van der Waals surface area contributed by atoms with Crippen LogP contribution >= 0.6 is 11.6 Å². The molecule has 0 saturated carbocycles. The van der Waals surface area contributed by atoms with Crippen molar-refractivity contribution in [2.45, 2.75) is 0 Å². The SMILES string of the molecule is COc1cccc(-c2c(O)c3cc(-c4ccc5c(ccn5C)c4)c(Cl)cc3[nH]c2=O)c1. The number of hydrogen-bond donors (Lipinski definition) is 2. The van der Waals surface area contributed by atoms with E-state index in [1.807, 2.05) is 37.5 Å². The van der Waals surface area contributed by atoms with Crippen LogP contribution in [0.15, 0.2) is 71.7 Å². The molecule has 2 N–H and O–H groups in total. The molecular weight excluding hydrogens is 412 g/mol. The third-order valence-corrected chi connectivity index (χ3v) is 5.94. The monoisotopic (exact) mass is 430 g/mol. The largest absolute Gasteiger partial charge is 0.506 e. The summed E-state index contributed by atoms with van der Waals surface area (Å²) in [5, 5.41) is 13.2. The zero-order valence-corrected chi connectivity index (χ0v) is 17.7. The predicted octanol–water partition coefficient (Wildman–Crippen LogP) is 5.72.